The van der Waals surface area contributed by atoms with Crippen molar-refractivity contribution in [3.05, 3.63) is 0 Å². The monoisotopic (exact) mass is 238 g/mol. The minimum absolute atomic E-state index is 0.000455. The molecule has 16 heavy (non-hydrogen) atoms. The average Bonchev–Trinajstić information content (AvgIpc) is 2.28. The van der Waals surface area contributed by atoms with E-state index in [9.17, 15) is 10.1 Å². The van der Waals surface area contributed by atoms with Gasteiger partial charge in [0.25, 0.3) is 0 Å². The predicted molar refractivity (Wildman–Crippen MR) is 47.5 cm³/mol. The van der Waals surface area contributed by atoms with Crippen molar-refractivity contribution in [1.82, 2.24) is 0 Å². The summed E-state index contributed by atoms with van der Waals surface area (Å²) in [6.45, 7) is 0.446. The zero-order valence-corrected chi connectivity index (χ0v) is 9.09. The molecule has 0 heterocycles. The van der Waals surface area contributed by atoms with Crippen LogP contribution in [0.2, 0.25) is 0 Å². The summed E-state index contributed by atoms with van der Waals surface area (Å²) in [7, 11) is 2.89. The van der Waals surface area contributed by atoms with Gasteiger partial charge in [-0.3, -0.25) is 4.58 Å². The molecule has 0 aromatic carbocycles. The number of rotatable bonds is 6. The molecule has 0 fully saturated rings. The summed E-state index contributed by atoms with van der Waals surface area (Å²) in [5, 5.41) is 10.0. The van der Waals surface area contributed by atoms with Gasteiger partial charge in [-0.2, -0.15) is 4.79 Å². The SMILES string of the molecule is COCCOC(=O)OC(OCCOC)=[O+][O-]. The maximum Gasteiger partial charge on any atom is 0.735 e. The van der Waals surface area contributed by atoms with Gasteiger partial charge in [0.2, 0.25) is 0 Å². The van der Waals surface area contributed by atoms with Gasteiger partial charge in [-0.1, -0.05) is 0 Å². The Labute approximate surface area is 92.2 Å². The number of carbonyl (C=O) groups is 1. The van der Waals surface area contributed by atoms with Crippen LogP contribution in [0, 0.1) is 0 Å². The second-order valence-electron chi connectivity index (χ2n) is 2.37. The zero-order chi connectivity index (χ0) is 12.2. The summed E-state index contributed by atoms with van der Waals surface area (Å²) >= 11 is 0. The molecule has 94 valence electrons. The van der Waals surface area contributed by atoms with Crippen LogP contribution < -0.4 is 5.26 Å². The molecule has 8 heteroatoms. The first-order chi connectivity index (χ1) is 7.74. The predicted octanol–water partition coefficient (Wildman–Crippen LogP) is -0.620. The van der Waals surface area contributed by atoms with Crippen molar-refractivity contribution in [3.8, 4) is 0 Å². The van der Waals surface area contributed by atoms with Crippen LogP contribution in [0.1, 0.15) is 0 Å². The van der Waals surface area contributed by atoms with Crippen molar-refractivity contribution in [3.63, 3.8) is 0 Å². The lowest BCUT2D eigenvalue weighted by Gasteiger charge is -2.00. The van der Waals surface area contributed by atoms with E-state index in [2.05, 4.69) is 28.3 Å². The third kappa shape index (κ3) is 7.83. The molecule has 0 radical (unpaired) electrons. The lowest BCUT2D eigenvalue weighted by atomic mass is 10.8. The van der Waals surface area contributed by atoms with Gasteiger partial charge in [-0.25, -0.2) is 4.74 Å². The fourth-order valence-corrected chi connectivity index (χ4v) is 0.585. The average molecular weight is 238 g/mol. The van der Waals surface area contributed by atoms with Crippen LogP contribution in [0.3, 0.4) is 0 Å². The quantitative estimate of drug-likeness (QED) is 0.152. The first-order valence-electron chi connectivity index (χ1n) is 4.36. The van der Waals surface area contributed by atoms with Crippen LogP contribution in [0.15, 0.2) is 0 Å². The third-order valence-electron chi connectivity index (χ3n) is 1.25. The van der Waals surface area contributed by atoms with Gasteiger partial charge in [-0.15, -0.1) is 0 Å². The van der Waals surface area contributed by atoms with E-state index in [-0.39, 0.29) is 26.4 Å². The van der Waals surface area contributed by atoms with Crippen LogP contribution in [0.25, 0.3) is 0 Å². The molecule has 0 saturated heterocycles. The summed E-state index contributed by atoms with van der Waals surface area (Å²) < 4.78 is 26.0. The highest BCUT2D eigenvalue weighted by atomic mass is 17.1. The molecule has 0 amide bonds. The molecular weight excluding hydrogens is 224 g/mol. The van der Waals surface area contributed by atoms with E-state index in [1.165, 1.54) is 14.2 Å². The number of hydrogen-bond acceptors (Lipinski definition) is 7. The molecule has 0 spiro atoms. The lowest BCUT2D eigenvalue weighted by molar-refractivity contribution is -0.869. The Morgan fingerprint density at radius 2 is 1.62 bits per heavy atom. The smallest absolute Gasteiger partial charge is 0.628 e. The normalized spacial score (nSPS) is 11.0. The molecule has 0 bridgehead atoms. The summed E-state index contributed by atoms with van der Waals surface area (Å²) in [5.74, 6) is 0. The highest BCUT2D eigenvalue weighted by Gasteiger charge is 2.24. The van der Waals surface area contributed by atoms with Crippen LogP contribution >= 0.6 is 0 Å². The van der Waals surface area contributed by atoms with E-state index in [0.717, 1.165) is 0 Å². The van der Waals surface area contributed by atoms with Gasteiger partial charge in [0.1, 0.15) is 6.61 Å². The fourth-order valence-electron chi connectivity index (χ4n) is 0.585. The molecule has 0 rings (SSSR count). The minimum Gasteiger partial charge on any atom is -0.628 e. The topological polar surface area (TPSA) is 97.6 Å². The van der Waals surface area contributed by atoms with Gasteiger partial charge >= 0.3 is 12.3 Å². The largest absolute Gasteiger partial charge is 0.735 e. The zero-order valence-electron chi connectivity index (χ0n) is 9.09. The van der Waals surface area contributed by atoms with Crippen LogP contribution in [0.5, 0.6) is 0 Å². The van der Waals surface area contributed by atoms with Gasteiger partial charge in [-0.05, 0) is 0 Å². The Morgan fingerprint density at radius 3 is 2.12 bits per heavy atom. The Hall–Kier alpha value is -1.54. The van der Waals surface area contributed by atoms with E-state index < -0.39 is 12.3 Å². The van der Waals surface area contributed by atoms with Crippen molar-refractivity contribution >= 4 is 12.3 Å². The molecule has 0 saturated carbocycles. The number of carbonyl (C=O) groups excluding carboxylic acids is 2. The Balaban J connectivity index is 3.71. The molecule has 8 nitrogen and oxygen atoms in total. The molecule has 0 aliphatic carbocycles. The standard InChI is InChI=1S/C8H14O8/c1-11-3-5-13-7(9)15-8(16-10)14-6-4-12-2/h3-6H2,1-2H3. The third-order valence-corrected chi connectivity index (χ3v) is 1.25. The molecule has 0 atom stereocenters. The Kier molecular flexibility index (Phi) is 9.03. The highest BCUT2D eigenvalue weighted by Crippen LogP contribution is 1.92. The molecule has 0 aliphatic rings. The van der Waals surface area contributed by atoms with Crippen molar-refractivity contribution in [1.29, 1.82) is 0 Å². The van der Waals surface area contributed by atoms with Crippen molar-refractivity contribution in [2.75, 3.05) is 40.6 Å². The van der Waals surface area contributed by atoms with E-state index in [1.807, 2.05) is 0 Å². The first kappa shape index (κ1) is 14.5. The second kappa shape index (κ2) is 9.99. The molecular formula is C8H14O8. The van der Waals surface area contributed by atoms with Crippen LogP contribution in [-0.4, -0.2) is 53.0 Å². The van der Waals surface area contributed by atoms with Gasteiger partial charge < -0.3 is 24.2 Å². The molecule has 0 aromatic rings. The Morgan fingerprint density at radius 1 is 1.06 bits per heavy atom. The van der Waals surface area contributed by atoms with Crippen LogP contribution in [-0.2, 0) is 23.7 Å². The molecule has 0 unspecified atom stereocenters. The number of methoxy groups -OCH3 is 2. The van der Waals surface area contributed by atoms with E-state index in [0.29, 0.717) is 0 Å². The molecule has 0 aromatic heterocycles. The maximum absolute atomic E-state index is 10.9. The van der Waals surface area contributed by atoms with Crippen molar-refractivity contribution in [2.45, 2.75) is 0 Å². The van der Waals surface area contributed by atoms with E-state index in [4.69, 9.17) is 0 Å². The van der Waals surface area contributed by atoms with Gasteiger partial charge in [0.05, 0.1) is 13.2 Å². The summed E-state index contributed by atoms with van der Waals surface area (Å²) in [6.07, 6.45) is -1.94. The summed E-state index contributed by atoms with van der Waals surface area (Å²) in [6, 6.07) is 0. The Bertz CT molecular complexity index is 214. The number of hydrogen-bond donors (Lipinski definition) is 0. The van der Waals surface area contributed by atoms with E-state index in [1.54, 1.807) is 0 Å². The summed E-state index contributed by atoms with van der Waals surface area (Å²) in [4.78, 5) is 10.9. The maximum atomic E-state index is 10.9. The fraction of sp³-hybridized carbons (Fsp3) is 0.750. The summed E-state index contributed by atoms with van der Waals surface area (Å²) in [5.41, 5.74) is 0. The van der Waals surface area contributed by atoms with Gasteiger partial charge in [0.15, 0.2) is 6.61 Å². The first-order valence-corrected chi connectivity index (χ1v) is 4.36. The van der Waals surface area contributed by atoms with Gasteiger partial charge in [0, 0.05) is 14.2 Å². The van der Waals surface area contributed by atoms with E-state index >= 15 is 0 Å². The lowest BCUT2D eigenvalue weighted by Crippen LogP contribution is -2.20. The molecule has 0 aliphatic heterocycles. The molecule has 0 N–H and O–H groups in total. The highest BCUT2D eigenvalue weighted by molar-refractivity contribution is 5.76. The van der Waals surface area contributed by atoms with Crippen LogP contribution in [0.4, 0.5) is 9.37 Å². The van der Waals surface area contributed by atoms with Crippen molar-refractivity contribution in [2.24, 2.45) is 0 Å². The van der Waals surface area contributed by atoms with Crippen molar-refractivity contribution < 1.29 is 38.3 Å². The number of ether oxygens (including phenoxy) is 5. The minimum atomic E-state index is -1.11. The second-order valence-corrected chi connectivity index (χ2v) is 2.37.